The highest BCUT2D eigenvalue weighted by Crippen LogP contribution is 2.38. The first-order chi connectivity index (χ1) is 14.8. The van der Waals surface area contributed by atoms with Crippen molar-refractivity contribution in [1.29, 1.82) is 0 Å². The fourth-order valence-corrected chi connectivity index (χ4v) is 5.40. The molecular formula is C23H28N4O2S. The van der Waals surface area contributed by atoms with E-state index >= 15 is 0 Å². The van der Waals surface area contributed by atoms with E-state index < -0.39 is 0 Å². The summed E-state index contributed by atoms with van der Waals surface area (Å²) >= 11 is 1.70. The first-order valence-corrected chi connectivity index (χ1v) is 11.6. The molecule has 5 rings (SSSR count). The molecule has 30 heavy (non-hydrogen) atoms. The van der Waals surface area contributed by atoms with Crippen LogP contribution in [-0.2, 0) is 16.0 Å². The van der Waals surface area contributed by atoms with Crippen molar-refractivity contribution in [2.24, 2.45) is 0 Å². The third-order valence-electron chi connectivity index (χ3n) is 6.09. The van der Waals surface area contributed by atoms with E-state index in [4.69, 9.17) is 19.4 Å². The molecule has 1 N–H and O–H groups in total. The van der Waals surface area contributed by atoms with Gasteiger partial charge in [-0.15, -0.1) is 11.3 Å². The Morgan fingerprint density at radius 1 is 1.17 bits per heavy atom. The molecule has 2 aliphatic rings. The van der Waals surface area contributed by atoms with Crippen LogP contribution in [0.2, 0.25) is 0 Å². The Labute approximate surface area is 181 Å². The summed E-state index contributed by atoms with van der Waals surface area (Å²) in [5.74, 6) is 1.85. The van der Waals surface area contributed by atoms with E-state index in [1.165, 1.54) is 11.1 Å². The Morgan fingerprint density at radius 2 is 2.00 bits per heavy atom. The van der Waals surface area contributed by atoms with E-state index in [-0.39, 0.29) is 0 Å². The molecule has 2 unspecified atom stereocenters. The van der Waals surface area contributed by atoms with Crippen LogP contribution in [0.3, 0.4) is 0 Å². The molecule has 3 aromatic rings. The van der Waals surface area contributed by atoms with Crippen molar-refractivity contribution in [3.8, 4) is 11.1 Å². The number of morpholine rings is 1. The van der Waals surface area contributed by atoms with E-state index in [1.807, 2.05) is 7.11 Å². The quantitative estimate of drug-likeness (QED) is 0.641. The standard InChI is InChI=1S/C23H28N4O2S/c1-28-18-8-7-17(13-18)24-22-21-19(16-5-3-2-4-6-16)15-30-23(21)26-20(25-22)14-27-9-11-29-12-10-27/h2-6,15,17-18H,7-14H2,1H3,(H,24,25,26). The van der Waals surface area contributed by atoms with E-state index in [9.17, 15) is 0 Å². The maximum atomic E-state index is 5.58. The zero-order chi connectivity index (χ0) is 20.3. The average Bonchev–Trinajstić information content (AvgIpc) is 3.42. The number of anilines is 1. The summed E-state index contributed by atoms with van der Waals surface area (Å²) in [5.41, 5.74) is 2.41. The minimum Gasteiger partial charge on any atom is -0.381 e. The van der Waals surface area contributed by atoms with Gasteiger partial charge in [-0.1, -0.05) is 30.3 Å². The Morgan fingerprint density at radius 3 is 2.77 bits per heavy atom. The average molecular weight is 425 g/mol. The Balaban J connectivity index is 1.51. The van der Waals surface area contributed by atoms with Gasteiger partial charge in [-0.25, -0.2) is 9.97 Å². The maximum Gasteiger partial charge on any atom is 0.146 e. The molecule has 1 saturated carbocycles. The SMILES string of the molecule is COC1CCC(Nc2nc(CN3CCOCC3)nc3scc(-c4ccccc4)c23)C1. The normalized spacial score (nSPS) is 22.6. The molecule has 6 nitrogen and oxygen atoms in total. The van der Waals surface area contributed by atoms with Crippen LogP contribution in [0, 0.1) is 0 Å². The van der Waals surface area contributed by atoms with E-state index in [1.54, 1.807) is 11.3 Å². The fourth-order valence-electron chi connectivity index (χ4n) is 4.43. The Kier molecular flexibility index (Phi) is 5.95. The molecule has 3 heterocycles. The first-order valence-electron chi connectivity index (χ1n) is 10.7. The number of aromatic nitrogens is 2. The minimum absolute atomic E-state index is 0.337. The van der Waals surface area contributed by atoms with Crippen molar-refractivity contribution in [2.75, 3.05) is 38.7 Å². The van der Waals surface area contributed by atoms with Gasteiger partial charge in [0.1, 0.15) is 16.5 Å². The van der Waals surface area contributed by atoms with Crippen LogP contribution in [0.25, 0.3) is 21.3 Å². The van der Waals surface area contributed by atoms with Crippen molar-refractivity contribution in [3.05, 3.63) is 41.5 Å². The number of hydrogen-bond acceptors (Lipinski definition) is 7. The van der Waals surface area contributed by atoms with Gasteiger partial charge >= 0.3 is 0 Å². The number of hydrogen-bond donors (Lipinski definition) is 1. The van der Waals surface area contributed by atoms with Crippen LogP contribution in [0.4, 0.5) is 5.82 Å². The molecule has 1 aromatic carbocycles. The Bertz CT molecular complexity index is 988. The number of ether oxygens (including phenoxy) is 2. The van der Waals surface area contributed by atoms with Crippen LogP contribution in [-0.4, -0.2) is 60.4 Å². The van der Waals surface area contributed by atoms with E-state index in [0.29, 0.717) is 12.1 Å². The monoisotopic (exact) mass is 424 g/mol. The van der Waals surface area contributed by atoms with Crippen LogP contribution in [0.1, 0.15) is 25.1 Å². The molecule has 1 aliphatic carbocycles. The second-order valence-corrected chi connectivity index (χ2v) is 8.94. The number of rotatable bonds is 6. The lowest BCUT2D eigenvalue weighted by molar-refractivity contribution is 0.0331. The number of benzene rings is 1. The summed E-state index contributed by atoms with van der Waals surface area (Å²) in [6.07, 6.45) is 3.56. The van der Waals surface area contributed by atoms with Gasteiger partial charge in [-0.05, 0) is 24.8 Å². The smallest absolute Gasteiger partial charge is 0.146 e. The summed E-state index contributed by atoms with van der Waals surface area (Å²) in [7, 11) is 1.81. The highest BCUT2D eigenvalue weighted by molar-refractivity contribution is 7.17. The largest absolute Gasteiger partial charge is 0.381 e. The number of thiophene rings is 1. The highest BCUT2D eigenvalue weighted by Gasteiger charge is 2.26. The molecule has 158 valence electrons. The molecule has 7 heteroatoms. The van der Waals surface area contributed by atoms with Gasteiger partial charge in [0.15, 0.2) is 0 Å². The van der Waals surface area contributed by atoms with Crippen LogP contribution >= 0.6 is 11.3 Å². The molecule has 0 radical (unpaired) electrons. The van der Waals surface area contributed by atoms with Gasteiger partial charge in [0.05, 0.1) is 31.2 Å². The fraction of sp³-hybridized carbons (Fsp3) is 0.478. The highest BCUT2D eigenvalue weighted by atomic mass is 32.1. The molecule has 2 atom stereocenters. The molecular weight excluding hydrogens is 396 g/mol. The third kappa shape index (κ3) is 4.21. The van der Waals surface area contributed by atoms with E-state index in [0.717, 1.165) is 74.0 Å². The van der Waals surface area contributed by atoms with Crippen LogP contribution < -0.4 is 5.32 Å². The first kappa shape index (κ1) is 19.9. The van der Waals surface area contributed by atoms with Gasteiger partial charge in [0, 0.05) is 37.2 Å². The van der Waals surface area contributed by atoms with Crippen molar-refractivity contribution >= 4 is 27.4 Å². The summed E-state index contributed by atoms with van der Waals surface area (Å²) in [4.78, 5) is 13.4. The molecule has 0 spiro atoms. The summed E-state index contributed by atoms with van der Waals surface area (Å²) < 4.78 is 11.1. The summed E-state index contributed by atoms with van der Waals surface area (Å²) in [6.45, 7) is 4.19. The van der Waals surface area contributed by atoms with E-state index in [2.05, 4.69) is 45.9 Å². The van der Waals surface area contributed by atoms with Crippen molar-refractivity contribution in [2.45, 2.75) is 38.0 Å². The topological polar surface area (TPSA) is 59.5 Å². The van der Waals surface area contributed by atoms with Crippen molar-refractivity contribution in [3.63, 3.8) is 0 Å². The summed E-state index contributed by atoms with van der Waals surface area (Å²) in [5, 5.41) is 7.10. The number of methoxy groups -OCH3 is 1. The van der Waals surface area contributed by atoms with Gasteiger partial charge in [-0.3, -0.25) is 4.90 Å². The Hall–Kier alpha value is -2.06. The number of nitrogens with one attached hydrogen (secondary N) is 1. The molecule has 0 bridgehead atoms. The lowest BCUT2D eigenvalue weighted by atomic mass is 10.1. The summed E-state index contributed by atoms with van der Waals surface area (Å²) in [6, 6.07) is 10.9. The van der Waals surface area contributed by atoms with Crippen LogP contribution in [0.5, 0.6) is 0 Å². The molecule has 2 fully saturated rings. The number of fused-ring (bicyclic) bond motifs is 1. The minimum atomic E-state index is 0.337. The number of nitrogens with zero attached hydrogens (tertiary/aromatic N) is 3. The van der Waals surface area contributed by atoms with Crippen molar-refractivity contribution < 1.29 is 9.47 Å². The molecule has 2 aromatic heterocycles. The predicted molar refractivity (Wildman–Crippen MR) is 121 cm³/mol. The second-order valence-electron chi connectivity index (χ2n) is 8.08. The zero-order valence-electron chi connectivity index (χ0n) is 17.3. The van der Waals surface area contributed by atoms with Crippen LogP contribution in [0.15, 0.2) is 35.7 Å². The molecule has 1 aliphatic heterocycles. The lowest BCUT2D eigenvalue weighted by Crippen LogP contribution is -2.36. The van der Waals surface area contributed by atoms with Gasteiger partial charge < -0.3 is 14.8 Å². The van der Waals surface area contributed by atoms with Crippen molar-refractivity contribution in [1.82, 2.24) is 14.9 Å². The zero-order valence-corrected chi connectivity index (χ0v) is 18.2. The lowest BCUT2D eigenvalue weighted by Gasteiger charge is -2.26. The second kappa shape index (κ2) is 8.98. The van der Waals surface area contributed by atoms with Gasteiger partial charge in [-0.2, -0.15) is 0 Å². The molecule has 0 amide bonds. The van der Waals surface area contributed by atoms with Gasteiger partial charge in [0.2, 0.25) is 0 Å². The maximum absolute atomic E-state index is 5.58. The molecule has 1 saturated heterocycles. The van der Waals surface area contributed by atoms with Gasteiger partial charge in [0.25, 0.3) is 0 Å². The predicted octanol–water partition coefficient (Wildman–Crippen LogP) is 4.17. The third-order valence-corrected chi connectivity index (χ3v) is 6.96.